The van der Waals surface area contributed by atoms with Gasteiger partial charge in [-0.25, -0.2) is 9.97 Å². The third-order valence-electron chi connectivity index (χ3n) is 8.58. The Kier molecular flexibility index (Phi) is 6.75. The number of nitrogens with zero attached hydrogens (tertiary/aromatic N) is 5. The third-order valence-corrected chi connectivity index (χ3v) is 9.48. The molecule has 1 aromatic carbocycles. The van der Waals surface area contributed by atoms with Crippen molar-refractivity contribution < 1.29 is 9.29 Å². The van der Waals surface area contributed by atoms with Gasteiger partial charge in [0.2, 0.25) is 5.95 Å². The SMILES string of the molecule is CC(C)c1ccc(N2C[C@H](C[S+](C)[O-])[C@H]2C)c2cnc(Cc3ccnc(N4CCC5COCC54)n3)cc12. The predicted octanol–water partition coefficient (Wildman–Crippen LogP) is 4.17. The summed E-state index contributed by atoms with van der Waals surface area (Å²) in [5, 5.41) is 2.47. The second-order valence-electron chi connectivity index (χ2n) is 11.3. The van der Waals surface area contributed by atoms with Gasteiger partial charge < -0.3 is 19.1 Å². The number of pyridine rings is 1. The number of hydrogen-bond donors (Lipinski definition) is 0. The van der Waals surface area contributed by atoms with Crippen LogP contribution in [0.3, 0.4) is 0 Å². The summed E-state index contributed by atoms with van der Waals surface area (Å²) < 4.78 is 17.5. The number of ether oxygens (including phenoxy) is 1. The maximum atomic E-state index is 11.8. The molecular weight excluding hydrogens is 482 g/mol. The van der Waals surface area contributed by atoms with Gasteiger partial charge in [0.25, 0.3) is 0 Å². The normalized spacial score (nSPS) is 26.1. The molecule has 6 rings (SSSR count). The van der Waals surface area contributed by atoms with Crippen molar-refractivity contribution in [3.63, 3.8) is 0 Å². The van der Waals surface area contributed by atoms with E-state index >= 15 is 0 Å². The molecule has 3 aliphatic rings. The van der Waals surface area contributed by atoms with Gasteiger partial charge in [0.15, 0.2) is 0 Å². The Morgan fingerprint density at radius 3 is 2.76 bits per heavy atom. The molecule has 0 aliphatic carbocycles. The number of benzene rings is 1. The second kappa shape index (κ2) is 10.0. The molecule has 0 saturated carbocycles. The van der Waals surface area contributed by atoms with E-state index < -0.39 is 11.2 Å². The van der Waals surface area contributed by atoms with Crippen LogP contribution in [0.15, 0.2) is 36.7 Å². The van der Waals surface area contributed by atoms with Crippen molar-refractivity contribution in [2.45, 2.75) is 51.6 Å². The Morgan fingerprint density at radius 1 is 1.11 bits per heavy atom. The van der Waals surface area contributed by atoms with Crippen LogP contribution in [0.4, 0.5) is 11.6 Å². The summed E-state index contributed by atoms with van der Waals surface area (Å²) in [5.41, 5.74) is 4.59. The molecule has 0 N–H and O–H groups in total. The Bertz CT molecular complexity index is 1280. The summed E-state index contributed by atoms with van der Waals surface area (Å²) in [6.45, 7) is 10.3. The topological polar surface area (TPSA) is 77.4 Å². The molecule has 3 unspecified atom stereocenters. The Labute approximate surface area is 222 Å². The number of aromatic nitrogens is 3. The van der Waals surface area contributed by atoms with E-state index in [0.717, 1.165) is 55.8 Å². The molecular formula is C29H37N5O2S. The molecule has 7 nitrogen and oxygen atoms in total. The van der Waals surface area contributed by atoms with Crippen LogP contribution in [0.2, 0.25) is 0 Å². The van der Waals surface area contributed by atoms with Crippen molar-refractivity contribution in [1.82, 2.24) is 15.0 Å². The standard InChI is InChI=1S/C29H37N5O2S/c1-18(2)24-5-6-27(34-14-21(19(34)3)17-37(4)35)26-13-31-23(12-25(24)26)11-22-7-9-30-29(32-22)33-10-8-20-15-36-16-28(20)33/h5-7,9,12-13,18-21,28H,8,10-11,14-17H2,1-4H3/t19-,20?,21-,28?,37?/m1/s1. The molecule has 196 valence electrons. The monoisotopic (exact) mass is 519 g/mol. The smallest absolute Gasteiger partial charge is 0.225 e. The fourth-order valence-corrected chi connectivity index (χ4v) is 7.36. The minimum atomic E-state index is -0.759. The van der Waals surface area contributed by atoms with Gasteiger partial charge in [0, 0.05) is 66.5 Å². The van der Waals surface area contributed by atoms with Gasteiger partial charge in [-0.05, 0) is 48.4 Å². The first kappa shape index (κ1) is 24.9. The van der Waals surface area contributed by atoms with Crippen LogP contribution in [0.25, 0.3) is 10.8 Å². The minimum absolute atomic E-state index is 0.381. The van der Waals surface area contributed by atoms with E-state index in [4.69, 9.17) is 14.7 Å². The average Bonchev–Trinajstić information content (AvgIpc) is 3.50. The van der Waals surface area contributed by atoms with E-state index in [1.807, 2.05) is 18.5 Å². The van der Waals surface area contributed by atoms with Crippen molar-refractivity contribution in [1.29, 1.82) is 0 Å². The van der Waals surface area contributed by atoms with Gasteiger partial charge in [0.05, 0.1) is 31.2 Å². The average molecular weight is 520 g/mol. The molecule has 5 heterocycles. The molecule has 0 bridgehead atoms. The Hall–Kier alpha value is -2.42. The third kappa shape index (κ3) is 4.68. The highest BCUT2D eigenvalue weighted by atomic mass is 32.2. The highest BCUT2D eigenvalue weighted by Gasteiger charge is 2.40. The van der Waals surface area contributed by atoms with Crippen LogP contribution < -0.4 is 9.80 Å². The maximum absolute atomic E-state index is 11.8. The van der Waals surface area contributed by atoms with Gasteiger partial charge in [0.1, 0.15) is 5.75 Å². The molecule has 3 aliphatic heterocycles. The van der Waals surface area contributed by atoms with Gasteiger partial charge in [-0.3, -0.25) is 4.98 Å². The van der Waals surface area contributed by atoms with Crippen molar-refractivity contribution in [3.8, 4) is 0 Å². The first-order chi connectivity index (χ1) is 17.9. The van der Waals surface area contributed by atoms with Crippen molar-refractivity contribution in [2.75, 3.05) is 48.1 Å². The van der Waals surface area contributed by atoms with Crippen molar-refractivity contribution in [2.24, 2.45) is 11.8 Å². The van der Waals surface area contributed by atoms with Crippen molar-refractivity contribution in [3.05, 3.63) is 53.6 Å². The minimum Gasteiger partial charge on any atom is -0.617 e. The van der Waals surface area contributed by atoms with Gasteiger partial charge >= 0.3 is 0 Å². The zero-order valence-corrected chi connectivity index (χ0v) is 23.1. The summed E-state index contributed by atoms with van der Waals surface area (Å²) in [5.74, 6) is 3.08. The quantitative estimate of drug-likeness (QED) is 0.434. The molecule has 0 radical (unpaired) electrons. The van der Waals surface area contributed by atoms with E-state index in [-0.39, 0.29) is 0 Å². The predicted molar refractivity (Wildman–Crippen MR) is 150 cm³/mol. The highest BCUT2D eigenvalue weighted by Crippen LogP contribution is 2.39. The largest absolute Gasteiger partial charge is 0.617 e. The van der Waals surface area contributed by atoms with Crippen LogP contribution in [0.5, 0.6) is 0 Å². The summed E-state index contributed by atoms with van der Waals surface area (Å²) in [6.07, 6.45) is 7.56. The van der Waals surface area contributed by atoms with E-state index in [1.54, 1.807) is 6.26 Å². The molecule has 37 heavy (non-hydrogen) atoms. The summed E-state index contributed by atoms with van der Waals surface area (Å²) in [4.78, 5) is 19.2. The summed E-state index contributed by atoms with van der Waals surface area (Å²) in [6, 6.07) is 9.58. The number of fused-ring (bicyclic) bond motifs is 2. The zero-order chi connectivity index (χ0) is 25.7. The number of hydrogen-bond acceptors (Lipinski definition) is 7. The van der Waals surface area contributed by atoms with E-state index in [1.165, 1.54) is 22.0 Å². The van der Waals surface area contributed by atoms with Crippen LogP contribution >= 0.6 is 0 Å². The molecule has 0 spiro atoms. The van der Waals surface area contributed by atoms with E-state index in [2.05, 4.69) is 53.8 Å². The van der Waals surface area contributed by atoms with E-state index in [9.17, 15) is 4.55 Å². The fourth-order valence-electron chi connectivity index (χ4n) is 6.37. The molecule has 5 atom stereocenters. The van der Waals surface area contributed by atoms with Gasteiger partial charge in [-0.2, -0.15) is 0 Å². The Balaban J connectivity index is 1.28. The zero-order valence-electron chi connectivity index (χ0n) is 22.3. The molecule has 3 aromatic rings. The van der Waals surface area contributed by atoms with Crippen LogP contribution in [0.1, 0.15) is 50.1 Å². The first-order valence-electron chi connectivity index (χ1n) is 13.5. The lowest BCUT2D eigenvalue weighted by molar-refractivity contribution is 0.179. The number of anilines is 2. The fraction of sp³-hybridized carbons (Fsp3) is 0.552. The summed E-state index contributed by atoms with van der Waals surface area (Å²) >= 11 is -0.759. The van der Waals surface area contributed by atoms with Crippen LogP contribution in [-0.4, -0.2) is 69.9 Å². The molecule has 3 saturated heterocycles. The lowest BCUT2D eigenvalue weighted by Crippen LogP contribution is -2.57. The molecule has 3 fully saturated rings. The van der Waals surface area contributed by atoms with Crippen molar-refractivity contribution >= 4 is 33.6 Å². The molecule has 2 aromatic heterocycles. The van der Waals surface area contributed by atoms with Gasteiger partial charge in [-0.15, -0.1) is 0 Å². The highest BCUT2D eigenvalue weighted by molar-refractivity contribution is 7.90. The maximum Gasteiger partial charge on any atom is 0.225 e. The Morgan fingerprint density at radius 2 is 1.97 bits per heavy atom. The van der Waals surface area contributed by atoms with Gasteiger partial charge in [-0.1, -0.05) is 31.1 Å². The lowest BCUT2D eigenvalue weighted by Gasteiger charge is -2.48. The summed E-state index contributed by atoms with van der Waals surface area (Å²) in [7, 11) is 0. The first-order valence-corrected chi connectivity index (χ1v) is 15.3. The molecule has 0 amide bonds. The lowest BCUT2D eigenvalue weighted by atomic mass is 9.88. The van der Waals surface area contributed by atoms with Crippen LogP contribution in [0, 0.1) is 11.8 Å². The van der Waals surface area contributed by atoms with Crippen LogP contribution in [-0.2, 0) is 22.3 Å². The van der Waals surface area contributed by atoms with E-state index in [0.29, 0.717) is 36.3 Å². The number of rotatable bonds is 7. The molecule has 8 heteroatoms. The second-order valence-corrected chi connectivity index (χ2v) is 12.8.